The molecule has 1 aromatic carbocycles. The number of carboxylic acid groups (broad SMARTS) is 1. The van der Waals surface area contributed by atoms with Crippen LogP contribution in [0, 0.1) is 11.3 Å². The lowest BCUT2D eigenvalue weighted by Gasteiger charge is -2.09. The molecule has 4 nitrogen and oxygen atoms in total. The van der Waals surface area contributed by atoms with Crippen molar-refractivity contribution in [1.82, 2.24) is 0 Å². The summed E-state index contributed by atoms with van der Waals surface area (Å²) in [7, 11) is 0. The minimum absolute atomic E-state index is 0.0301. The number of nitriles is 1. The molecule has 0 aliphatic heterocycles. The minimum atomic E-state index is -4.61. The molecule has 1 heterocycles. The Kier molecular flexibility index (Phi) is 4.48. The summed E-state index contributed by atoms with van der Waals surface area (Å²) in [6, 6.07) is 7.45. The first-order valence-electron chi connectivity index (χ1n) is 6.04. The number of hydrogen-bond donors (Lipinski definition) is 1. The molecule has 0 radical (unpaired) electrons. The Morgan fingerprint density at radius 3 is 2.57 bits per heavy atom. The second-order valence-corrected chi connectivity index (χ2v) is 4.78. The Morgan fingerprint density at radius 1 is 1.30 bits per heavy atom. The third kappa shape index (κ3) is 3.73. The van der Waals surface area contributed by atoms with Crippen LogP contribution in [0.4, 0.5) is 13.2 Å². The predicted molar refractivity (Wildman–Crippen MR) is 75.4 cm³/mol. The van der Waals surface area contributed by atoms with E-state index in [9.17, 15) is 18.0 Å². The molecule has 0 saturated carbocycles. The fourth-order valence-electron chi connectivity index (χ4n) is 1.77. The Morgan fingerprint density at radius 2 is 2.00 bits per heavy atom. The number of aliphatic carboxylic acids is 1. The van der Waals surface area contributed by atoms with E-state index in [0.717, 1.165) is 18.2 Å². The maximum atomic E-state index is 12.8. The van der Waals surface area contributed by atoms with Gasteiger partial charge in [0.05, 0.1) is 10.6 Å². The topological polar surface area (TPSA) is 74.2 Å². The number of nitrogens with zero attached hydrogens (tertiary/aromatic N) is 1. The van der Waals surface area contributed by atoms with Crippen LogP contribution in [0.2, 0.25) is 5.02 Å². The monoisotopic (exact) mass is 341 g/mol. The van der Waals surface area contributed by atoms with E-state index in [1.807, 2.05) is 0 Å². The Labute approximate surface area is 133 Å². The van der Waals surface area contributed by atoms with Crippen molar-refractivity contribution in [2.75, 3.05) is 0 Å². The first kappa shape index (κ1) is 16.6. The van der Waals surface area contributed by atoms with Crippen molar-refractivity contribution < 1.29 is 27.5 Å². The summed E-state index contributed by atoms with van der Waals surface area (Å²) in [5, 5.41) is 17.0. The first-order chi connectivity index (χ1) is 10.7. The number of carboxylic acids is 1. The van der Waals surface area contributed by atoms with E-state index in [4.69, 9.17) is 26.4 Å². The van der Waals surface area contributed by atoms with E-state index in [2.05, 4.69) is 0 Å². The summed E-state index contributed by atoms with van der Waals surface area (Å²) in [6.45, 7) is 0. The van der Waals surface area contributed by atoms with E-state index in [-0.39, 0.29) is 17.1 Å². The molecule has 2 aromatic rings. The van der Waals surface area contributed by atoms with Crippen LogP contribution < -0.4 is 0 Å². The molecule has 0 unspecified atom stereocenters. The van der Waals surface area contributed by atoms with Crippen molar-refractivity contribution in [1.29, 1.82) is 5.26 Å². The van der Waals surface area contributed by atoms with Gasteiger partial charge in [-0.1, -0.05) is 11.6 Å². The average molecular weight is 342 g/mol. The molecule has 2 rings (SSSR count). The molecule has 0 atom stereocenters. The van der Waals surface area contributed by atoms with Gasteiger partial charge in [0.2, 0.25) is 0 Å². The predicted octanol–water partition coefficient (Wildman–Crippen LogP) is 4.61. The van der Waals surface area contributed by atoms with Gasteiger partial charge < -0.3 is 9.52 Å². The number of halogens is 4. The zero-order valence-corrected chi connectivity index (χ0v) is 11.9. The lowest BCUT2D eigenvalue weighted by Crippen LogP contribution is -2.05. The molecule has 23 heavy (non-hydrogen) atoms. The number of carbonyl (C=O) groups is 1. The van der Waals surface area contributed by atoms with Crippen molar-refractivity contribution in [3.63, 3.8) is 0 Å². The highest BCUT2D eigenvalue weighted by atomic mass is 35.5. The summed E-state index contributed by atoms with van der Waals surface area (Å²) < 4.78 is 43.7. The van der Waals surface area contributed by atoms with Crippen LogP contribution in [0.5, 0.6) is 0 Å². The maximum Gasteiger partial charge on any atom is 0.417 e. The highest BCUT2D eigenvalue weighted by molar-refractivity contribution is 6.31. The van der Waals surface area contributed by atoms with Gasteiger partial charge in [0.15, 0.2) is 0 Å². The average Bonchev–Trinajstić information content (AvgIpc) is 2.92. The molecule has 0 saturated heterocycles. The Bertz CT molecular complexity index is 831. The maximum absolute atomic E-state index is 12.8. The van der Waals surface area contributed by atoms with Gasteiger partial charge in [-0.3, -0.25) is 0 Å². The fraction of sp³-hybridized carbons (Fsp3) is 0.0667. The molecular formula is C15H7ClF3NO3. The molecule has 0 amide bonds. The third-order valence-corrected chi connectivity index (χ3v) is 3.15. The summed E-state index contributed by atoms with van der Waals surface area (Å²) in [5.74, 6) is -1.32. The van der Waals surface area contributed by atoms with E-state index in [0.29, 0.717) is 0 Å². The SMILES string of the molecule is N#C/C(=C\c1ccc(-c2ccc(Cl)c(C(F)(F)F)c2)o1)C(=O)O. The second-order valence-electron chi connectivity index (χ2n) is 4.37. The van der Waals surface area contributed by atoms with Gasteiger partial charge in [0, 0.05) is 11.6 Å². The Balaban J connectivity index is 2.43. The molecular weight excluding hydrogens is 335 g/mol. The molecule has 0 aliphatic rings. The lowest BCUT2D eigenvalue weighted by atomic mass is 10.1. The number of rotatable bonds is 3. The molecule has 1 N–H and O–H groups in total. The van der Waals surface area contributed by atoms with Gasteiger partial charge in [-0.15, -0.1) is 0 Å². The lowest BCUT2D eigenvalue weighted by molar-refractivity contribution is -0.137. The molecule has 0 aliphatic carbocycles. The molecule has 8 heteroatoms. The number of hydrogen-bond acceptors (Lipinski definition) is 3. The molecule has 118 valence electrons. The zero-order chi connectivity index (χ0) is 17.2. The largest absolute Gasteiger partial charge is 0.477 e. The molecule has 0 bridgehead atoms. The fourth-order valence-corrected chi connectivity index (χ4v) is 1.99. The van der Waals surface area contributed by atoms with Crippen molar-refractivity contribution in [2.45, 2.75) is 6.18 Å². The number of furan rings is 1. The van der Waals surface area contributed by atoms with E-state index in [1.165, 1.54) is 24.3 Å². The third-order valence-electron chi connectivity index (χ3n) is 2.82. The van der Waals surface area contributed by atoms with Crippen molar-refractivity contribution in [3.05, 3.63) is 52.3 Å². The summed E-state index contributed by atoms with van der Waals surface area (Å²) >= 11 is 5.53. The van der Waals surface area contributed by atoms with Crippen LogP contribution in [-0.4, -0.2) is 11.1 Å². The van der Waals surface area contributed by atoms with Crippen LogP contribution in [0.3, 0.4) is 0 Å². The first-order valence-corrected chi connectivity index (χ1v) is 6.42. The highest BCUT2D eigenvalue weighted by Crippen LogP contribution is 2.37. The van der Waals surface area contributed by atoms with Gasteiger partial charge in [0.1, 0.15) is 23.2 Å². The summed E-state index contributed by atoms with van der Waals surface area (Å²) in [4.78, 5) is 10.7. The van der Waals surface area contributed by atoms with Gasteiger partial charge in [-0.2, -0.15) is 18.4 Å². The number of benzene rings is 1. The zero-order valence-electron chi connectivity index (χ0n) is 11.2. The van der Waals surface area contributed by atoms with Crippen molar-refractivity contribution >= 4 is 23.6 Å². The minimum Gasteiger partial charge on any atom is -0.477 e. The van der Waals surface area contributed by atoms with Gasteiger partial charge in [-0.25, -0.2) is 4.79 Å². The van der Waals surface area contributed by atoms with Crippen molar-refractivity contribution in [2.24, 2.45) is 0 Å². The normalized spacial score (nSPS) is 12.0. The molecule has 0 fully saturated rings. The Hall–Kier alpha value is -2.72. The van der Waals surface area contributed by atoms with Crippen LogP contribution in [0.25, 0.3) is 17.4 Å². The van der Waals surface area contributed by atoms with Gasteiger partial charge >= 0.3 is 12.1 Å². The molecule has 1 aromatic heterocycles. The standard InChI is InChI=1S/C15H7ClF3NO3/c16-12-3-1-8(6-11(12)15(17,18)19)13-4-2-10(23-13)5-9(7-20)14(21)22/h1-6H,(H,21,22)/b9-5+. The van der Waals surface area contributed by atoms with Crippen LogP contribution in [0.1, 0.15) is 11.3 Å². The van der Waals surface area contributed by atoms with E-state index >= 15 is 0 Å². The molecule has 0 spiro atoms. The summed E-state index contributed by atoms with van der Waals surface area (Å²) in [6.07, 6.45) is -3.63. The smallest absolute Gasteiger partial charge is 0.417 e. The van der Waals surface area contributed by atoms with Crippen LogP contribution >= 0.6 is 11.6 Å². The highest BCUT2D eigenvalue weighted by Gasteiger charge is 2.33. The quantitative estimate of drug-likeness (QED) is 0.653. The summed E-state index contributed by atoms with van der Waals surface area (Å²) in [5.41, 5.74) is -1.44. The van der Waals surface area contributed by atoms with Crippen molar-refractivity contribution in [3.8, 4) is 17.4 Å². The van der Waals surface area contributed by atoms with Gasteiger partial charge in [0.25, 0.3) is 0 Å². The van der Waals surface area contributed by atoms with E-state index in [1.54, 1.807) is 0 Å². The van der Waals surface area contributed by atoms with Crippen LogP contribution in [0.15, 0.2) is 40.3 Å². The van der Waals surface area contributed by atoms with Crippen LogP contribution in [-0.2, 0) is 11.0 Å². The van der Waals surface area contributed by atoms with Gasteiger partial charge in [-0.05, 0) is 30.3 Å². The van der Waals surface area contributed by atoms with E-state index < -0.39 is 28.3 Å². The number of alkyl halides is 3. The second kappa shape index (κ2) is 6.18.